The van der Waals surface area contributed by atoms with Gasteiger partial charge >= 0.3 is 0 Å². The third-order valence-corrected chi connectivity index (χ3v) is 5.76. The Bertz CT molecular complexity index is 534. The van der Waals surface area contributed by atoms with Gasteiger partial charge in [-0.3, -0.25) is 9.69 Å². The summed E-state index contributed by atoms with van der Waals surface area (Å²) in [6.45, 7) is 5.50. The zero-order valence-corrected chi connectivity index (χ0v) is 14.7. The van der Waals surface area contributed by atoms with Crippen molar-refractivity contribution >= 4 is 5.91 Å². The van der Waals surface area contributed by atoms with E-state index in [0.717, 1.165) is 38.9 Å². The maximum absolute atomic E-state index is 12.6. The maximum Gasteiger partial charge on any atom is 0.236 e. The Labute approximate surface area is 145 Å². The Kier molecular flexibility index (Phi) is 5.90. The van der Waals surface area contributed by atoms with Crippen molar-refractivity contribution in [2.75, 3.05) is 32.8 Å². The van der Waals surface area contributed by atoms with E-state index in [-0.39, 0.29) is 18.4 Å². The summed E-state index contributed by atoms with van der Waals surface area (Å²) in [6.07, 6.45) is 4.50. The van der Waals surface area contributed by atoms with Crippen molar-refractivity contribution in [2.45, 2.75) is 44.6 Å². The van der Waals surface area contributed by atoms with Crippen molar-refractivity contribution in [2.24, 2.45) is 5.92 Å². The van der Waals surface area contributed by atoms with Gasteiger partial charge in [0, 0.05) is 31.7 Å². The van der Waals surface area contributed by atoms with Gasteiger partial charge in [-0.05, 0) is 50.6 Å². The number of carbonyl (C=O) groups is 1. The highest BCUT2D eigenvalue weighted by atomic mass is 16.3. The summed E-state index contributed by atoms with van der Waals surface area (Å²) in [5.74, 6) is 0.876. The summed E-state index contributed by atoms with van der Waals surface area (Å²) in [7, 11) is 0. The third-order valence-electron chi connectivity index (χ3n) is 5.76. The van der Waals surface area contributed by atoms with E-state index in [1.54, 1.807) is 0 Å². The van der Waals surface area contributed by atoms with Crippen LogP contribution in [0.2, 0.25) is 0 Å². The number of aliphatic hydroxyl groups excluding tert-OH is 1. The Morgan fingerprint density at radius 1 is 1.17 bits per heavy atom. The van der Waals surface area contributed by atoms with Crippen LogP contribution in [0.1, 0.15) is 44.1 Å². The Hall–Kier alpha value is -1.39. The minimum absolute atomic E-state index is 0.185. The fourth-order valence-electron chi connectivity index (χ4n) is 4.33. The van der Waals surface area contributed by atoms with Crippen molar-refractivity contribution in [1.29, 1.82) is 0 Å². The van der Waals surface area contributed by atoms with Gasteiger partial charge in [0.1, 0.15) is 0 Å². The monoisotopic (exact) mass is 330 g/mol. The van der Waals surface area contributed by atoms with Crippen LogP contribution in [-0.2, 0) is 4.79 Å². The number of hydrogen-bond donors (Lipinski definition) is 1. The van der Waals surface area contributed by atoms with Gasteiger partial charge in [0.05, 0.1) is 6.54 Å². The number of carbonyl (C=O) groups excluding carboxylic acids is 1. The first kappa shape index (κ1) is 17.4. The van der Waals surface area contributed by atoms with Crippen LogP contribution in [-0.4, -0.2) is 59.6 Å². The highest BCUT2D eigenvalue weighted by Crippen LogP contribution is 2.32. The van der Waals surface area contributed by atoms with Gasteiger partial charge in [-0.25, -0.2) is 0 Å². The van der Waals surface area contributed by atoms with Gasteiger partial charge in [0.15, 0.2) is 0 Å². The average Bonchev–Trinajstić information content (AvgIpc) is 2.62. The molecule has 2 fully saturated rings. The molecule has 132 valence electrons. The molecule has 24 heavy (non-hydrogen) atoms. The van der Waals surface area contributed by atoms with Crippen LogP contribution in [0.5, 0.6) is 0 Å². The molecule has 2 aliphatic rings. The molecule has 1 aromatic carbocycles. The molecule has 0 bridgehead atoms. The van der Waals surface area contributed by atoms with Crippen molar-refractivity contribution in [1.82, 2.24) is 9.80 Å². The van der Waals surface area contributed by atoms with Gasteiger partial charge in [-0.2, -0.15) is 0 Å². The first-order valence-electron chi connectivity index (χ1n) is 9.36. The quantitative estimate of drug-likeness (QED) is 0.922. The molecule has 2 saturated heterocycles. The molecule has 3 rings (SSSR count). The molecule has 1 unspecified atom stereocenters. The summed E-state index contributed by atoms with van der Waals surface area (Å²) < 4.78 is 0. The zero-order valence-electron chi connectivity index (χ0n) is 14.7. The van der Waals surface area contributed by atoms with E-state index in [2.05, 4.69) is 41.0 Å². The number of nitrogens with zero attached hydrogens (tertiary/aromatic N) is 2. The average molecular weight is 330 g/mol. The molecule has 1 amide bonds. The number of rotatable bonds is 4. The van der Waals surface area contributed by atoms with Gasteiger partial charge in [-0.1, -0.05) is 30.3 Å². The number of benzene rings is 1. The highest BCUT2D eigenvalue weighted by Gasteiger charge is 2.32. The number of hydrogen-bond acceptors (Lipinski definition) is 3. The van der Waals surface area contributed by atoms with Crippen molar-refractivity contribution < 1.29 is 9.90 Å². The molecule has 4 nitrogen and oxygen atoms in total. The van der Waals surface area contributed by atoms with Crippen LogP contribution < -0.4 is 0 Å². The van der Waals surface area contributed by atoms with Crippen LogP contribution in [0, 0.1) is 5.92 Å². The van der Waals surface area contributed by atoms with Crippen molar-refractivity contribution in [3.8, 4) is 0 Å². The molecule has 1 N–H and O–H groups in total. The number of aliphatic hydroxyl groups is 1. The first-order chi connectivity index (χ1) is 11.7. The predicted molar refractivity (Wildman–Crippen MR) is 95.8 cm³/mol. The molecular weight excluding hydrogens is 300 g/mol. The smallest absolute Gasteiger partial charge is 0.236 e. The Morgan fingerprint density at radius 3 is 2.67 bits per heavy atom. The standard InChI is InChI=1S/C20H30N2O2/c1-16-7-5-6-11-22(16)20(24)14-21-12-10-19(18(13-21)15-23)17-8-3-2-4-9-17/h2-4,8-9,16,18-19,23H,5-7,10-15H2,1H3/t16?,18-,19+/m0/s1. The molecule has 0 aliphatic carbocycles. The first-order valence-corrected chi connectivity index (χ1v) is 9.36. The summed E-state index contributed by atoms with van der Waals surface area (Å²) >= 11 is 0. The fourth-order valence-corrected chi connectivity index (χ4v) is 4.33. The summed E-state index contributed by atoms with van der Waals surface area (Å²) in [6, 6.07) is 10.9. The maximum atomic E-state index is 12.6. The zero-order chi connectivity index (χ0) is 16.9. The molecule has 2 heterocycles. The molecule has 0 spiro atoms. The van der Waals surface area contributed by atoms with Crippen LogP contribution in [0.4, 0.5) is 0 Å². The van der Waals surface area contributed by atoms with Crippen molar-refractivity contribution in [3.63, 3.8) is 0 Å². The lowest BCUT2D eigenvalue weighted by molar-refractivity contribution is -0.136. The lowest BCUT2D eigenvalue weighted by Gasteiger charge is -2.40. The van der Waals surface area contributed by atoms with Gasteiger partial charge in [0.2, 0.25) is 5.91 Å². The molecule has 0 radical (unpaired) electrons. The minimum Gasteiger partial charge on any atom is -0.396 e. The number of amides is 1. The van der Waals surface area contributed by atoms with E-state index in [1.807, 2.05) is 6.07 Å². The molecule has 0 aromatic heterocycles. The van der Waals surface area contributed by atoms with Crippen LogP contribution in [0.25, 0.3) is 0 Å². The number of likely N-dealkylation sites (tertiary alicyclic amines) is 2. The summed E-state index contributed by atoms with van der Waals surface area (Å²) in [5.41, 5.74) is 1.31. The van der Waals surface area contributed by atoms with E-state index in [4.69, 9.17) is 0 Å². The van der Waals surface area contributed by atoms with E-state index in [0.29, 0.717) is 18.5 Å². The lowest BCUT2D eigenvalue weighted by Crippen LogP contribution is -2.50. The summed E-state index contributed by atoms with van der Waals surface area (Å²) in [5, 5.41) is 9.84. The second kappa shape index (κ2) is 8.13. The minimum atomic E-state index is 0.185. The van der Waals surface area contributed by atoms with E-state index in [9.17, 15) is 9.90 Å². The molecule has 4 heteroatoms. The van der Waals surface area contributed by atoms with Gasteiger partial charge in [0.25, 0.3) is 0 Å². The molecular formula is C20H30N2O2. The normalized spacial score (nSPS) is 28.8. The van der Waals surface area contributed by atoms with E-state index in [1.165, 1.54) is 12.0 Å². The SMILES string of the molecule is CC1CCCCN1C(=O)CN1CC[C@H](c2ccccc2)[C@H](CO)C1. The number of piperidine rings is 2. The van der Waals surface area contributed by atoms with Gasteiger partial charge in [-0.15, -0.1) is 0 Å². The molecule has 2 aliphatic heterocycles. The van der Waals surface area contributed by atoms with E-state index >= 15 is 0 Å². The largest absolute Gasteiger partial charge is 0.396 e. The van der Waals surface area contributed by atoms with Gasteiger partial charge < -0.3 is 10.0 Å². The second-order valence-corrected chi connectivity index (χ2v) is 7.42. The lowest BCUT2D eigenvalue weighted by atomic mass is 9.81. The van der Waals surface area contributed by atoms with Crippen LogP contribution >= 0.6 is 0 Å². The molecule has 0 saturated carbocycles. The summed E-state index contributed by atoms with van der Waals surface area (Å²) in [4.78, 5) is 16.9. The fraction of sp³-hybridized carbons (Fsp3) is 0.650. The highest BCUT2D eigenvalue weighted by molar-refractivity contribution is 5.78. The molecule has 3 atom stereocenters. The van der Waals surface area contributed by atoms with E-state index < -0.39 is 0 Å². The second-order valence-electron chi connectivity index (χ2n) is 7.42. The topological polar surface area (TPSA) is 43.8 Å². The Balaban J connectivity index is 1.58. The molecule has 1 aromatic rings. The van der Waals surface area contributed by atoms with Crippen molar-refractivity contribution in [3.05, 3.63) is 35.9 Å². The Morgan fingerprint density at radius 2 is 1.96 bits per heavy atom. The third kappa shape index (κ3) is 3.98. The van der Waals surface area contributed by atoms with Crippen LogP contribution in [0.3, 0.4) is 0 Å². The predicted octanol–water partition coefficient (Wildman–Crippen LogP) is 2.49. The van der Waals surface area contributed by atoms with Crippen LogP contribution in [0.15, 0.2) is 30.3 Å².